The number of carbonyl (C=O) groups excluding carboxylic acids is 1. The molecule has 0 aromatic heterocycles. The maximum Gasteiger partial charge on any atom is 0.254 e. The summed E-state index contributed by atoms with van der Waals surface area (Å²) in [6, 6.07) is 35.0. The highest BCUT2D eigenvalue weighted by atomic mass is 16.5. The van der Waals surface area contributed by atoms with Crippen LogP contribution in [-0.4, -0.2) is 24.5 Å². The number of ether oxygens (including phenoxy) is 2. The quantitative estimate of drug-likeness (QED) is 0.305. The van der Waals surface area contributed by atoms with Crippen molar-refractivity contribution in [1.82, 2.24) is 4.90 Å². The van der Waals surface area contributed by atoms with Crippen molar-refractivity contribution in [2.45, 2.75) is 13.0 Å². The van der Waals surface area contributed by atoms with Gasteiger partial charge in [0.05, 0.1) is 7.11 Å². The molecule has 0 N–H and O–H groups in total. The number of methoxy groups -OCH3 is 1. The van der Waals surface area contributed by atoms with Crippen LogP contribution in [0.4, 0.5) is 0 Å². The van der Waals surface area contributed by atoms with Gasteiger partial charge in [0.15, 0.2) is 0 Å². The number of hydrogen-bond acceptors (Lipinski definition) is 3. The van der Waals surface area contributed by atoms with Crippen LogP contribution in [0.2, 0.25) is 0 Å². The zero-order valence-corrected chi connectivity index (χ0v) is 18.7. The minimum absolute atomic E-state index is 0.00535. The van der Waals surface area contributed by atoms with Crippen LogP contribution in [-0.2, 0) is 13.0 Å². The van der Waals surface area contributed by atoms with Crippen molar-refractivity contribution >= 4 is 5.91 Å². The van der Waals surface area contributed by atoms with Crippen molar-refractivity contribution in [2.75, 3.05) is 13.7 Å². The molecule has 0 atom stereocenters. The first kappa shape index (κ1) is 22.2. The third kappa shape index (κ3) is 6.23. The third-order valence-corrected chi connectivity index (χ3v) is 5.41. The van der Waals surface area contributed by atoms with Crippen molar-refractivity contribution in [3.05, 3.63) is 126 Å². The maximum absolute atomic E-state index is 13.4. The summed E-state index contributed by atoms with van der Waals surface area (Å²) in [5.74, 6) is 2.17. The molecule has 0 fully saturated rings. The largest absolute Gasteiger partial charge is 0.497 e. The Bertz CT molecular complexity index is 1140. The molecule has 0 aliphatic rings. The van der Waals surface area contributed by atoms with Gasteiger partial charge in [-0.1, -0.05) is 60.7 Å². The van der Waals surface area contributed by atoms with Gasteiger partial charge < -0.3 is 14.4 Å². The van der Waals surface area contributed by atoms with Crippen LogP contribution < -0.4 is 9.47 Å². The molecule has 4 rings (SSSR count). The van der Waals surface area contributed by atoms with Crippen LogP contribution in [0.15, 0.2) is 109 Å². The molecule has 4 aromatic rings. The minimum atomic E-state index is 0.00535. The van der Waals surface area contributed by atoms with Crippen LogP contribution >= 0.6 is 0 Å². The third-order valence-electron chi connectivity index (χ3n) is 5.41. The van der Waals surface area contributed by atoms with Gasteiger partial charge >= 0.3 is 0 Å². The van der Waals surface area contributed by atoms with Gasteiger partial charge in [0, 0.05) is 18.7 Å². The Kier molecular flexibility index (Phi) is 7.39. The van der Waals surface area contributed by atoms with Gasteiger partial charge in [0.25, 0.3) is 5.91 Å². The predicted molar refractivity (Wildman–Crippen MR) is 131 cm³/mol. The van der Waals surface area contributed by atoms with E-state index in [-0.39, 0.29) is 5.91 Å². The highest BCUT2D eigenvalue weighted by molar-refractivity contribution is 5.94. The first-order chi connectivity index (χ1) is 16.2. The molecule has 33 heavy (non-hydrogen) atoms. The monoisotopic (exact) mass is 437 g/mol. The fraction of sp³-hybridized carbons (Fsp3) is 0.138. The smallest absolute Gasteiger partial charge is 0.254 e. The van der Waals surface area contributed by atoms with E-state index < -0.39 is 0 Å². The topological polar surface area (TPSA) is 38.8 Å². The second kappa shape index (κ2) is 11.0. The molecule has 1 amide bonds. The van der Waals surface area contributed by atoms with Gasteiger partial charge in [-0.3, -0.25) is 4.79 Å². The number of hydrogen-bond donors (Lipinski definition) is 0. The first-order valence-electron chi connectivity index (χ1n) is 11.0. The summed E-state index contributed by atoms with van der Waals surface area (Å²) in [4.78, 5) is 15.3. The molecule has 4 nitrogen and oxygen atoms in total. The Morgan fingerprint density at radius 1 is 0.667 bits per heavy atom. The van der Waals surface area contributed by atoms with E-state index in [1.807, 2.05) is 89.8 Å². The summed E-state index contributed by atoms with van der Waals surface area (Å²) in [7, 11) is 1.63. The lowest BCUT2D eigenvalue weighted by Crippen LogP contribution is -2.32. The molecule has 0 saturated heterocycles. The van der Waals surface area contributed by atoms with E-state index in [9.17, 15) is 4.79 Å². The molecule has 0 aliphatic carbocycles. The standard InChI is InChI=1S/C29H27NO3/c1-32-26-16-18-28(19-17-26)33-27-14-12-25(13-15-27)29(31)30(22-24-10-6-3-7-11-24)21-20-23-8-4-2-5-9-23/h2-19H,20-22H2,1H3. The Morgan fingerprint density at radius 2 is 1.18 bits per heavy atom. The molecule has 0 radical (unpaired) electrons. The number of rotatable bonds is 9. The second-order valence-corrected chi connectivity index (χ2v) is 7.75. The molecule has 0 spiro atoms. The Hall–Kier alpha value is -4.05. The van der Waals surface area contributed by atoms with E-state index in [1.54, 1.807) is 7.11 Å². The lowest BCUT2D eigenvalue weighted by atomic mass is 10.1. The van der Waals surface area contributed by atoms with E-state index in [0.29, 0.717) is 30.2 Å². The zero-order valence-electron chi connectivity index (χ0n) is 18.7. The maximum atomic E-state index is 13.4. The van der Waals surface area contributed by atoms with E-state index in [2.05, 4.69) is 24.3 Å². The molecule has 0 unspecified atom stereocenters. The molecule has 0 saturated carbocycles. The molecular weight excluding hydrogens is 410 g/mol. The average molecular weight is 438 g/mol. The van der Waals surface area contributed by atoms with Crippen LogP contribution in [0.25, 0.3) is 0 Å². The van der Waals surface area contributed by atoms with Gasteiger partial charge in [-0.2, -0.15) is 0 Å². The summed E-state index contributed by atoms with van der Waals surface area (Å²) < 4.78 is 11.1. The zero-order chi connectivity index (χ0) is 22.9. The van der Waals surface area contributed by atoms with Gasteiger partial charge in [0.1, 0.15) is 17.2 Å². The second-order valence-electron chi connectivity index (χ2n) is 7.75. The summed E-state index contributed by atoms with van der Waals surface area (Å²) >= 11 is 0. The summed E-state index contributed by atoms with van der Waals surface area (Å²) in [5, 5.41) is 0. The first-order valence-corrected chi connectivity index (χ1v) is 11.0. The van der Waals surface area contributed by atoms with Gasteiger partial charge in [-0.15, -0.1) is 0 Å². The predicted octanol–water partition coefficient (Wildman–Crippen LogP) is 6.37. The lowest BCUT2D eigenvalue weighted by molar-refractivity contribution is 0.0745. The number of nitrogens with zero attached hydrogens (tertiary/aromatic N) is 1. The highest BCUT2D eigenvalue weighted by Gasteiger charge is 2.16. The minimum Gasteiger partial charge on any atom is -0.497 e. The van der Waals surface area contributed by atoms with Gasteiger partial charge in [-0.05, 0) is 66.1 Å². The van der Waals surface area contributed by atoms with Crippen molar-refractivity contribution in [3.8, 4) is 17.2 Å². The Morgan fingerprint density at radius 3 is 1.76 bits per heavy atom. The fourth-order valence-electron chi connectivity index (χ4n) is 3.59. The SMILES string of the molecule is COc1ccc(Oc2ccc(C(=O)N(CCc3ccccc3)Cc3ccccc3)cc2)cc1. The van der Waals surface area contributed by atoms with E-state index in [1.165, 1.54) is 5.56 Å². The Labute approximate surface area is 195 Å². The number of carbonyl (C=O) groups is 1. The van der Waals surface area contributed by atoms with Crippen LogP contribution in [0.5, 0.6) is 17.2 Å². The molecule has 166 valence electrons. The van der Waals surface area contributed by atoms with Crippen molar-refractivity contribution < 1.29 is 14.3 Å². The van der Waals surface area contributed by atoms with Gasteiger partial charge in [-0.25, -0.2) is 0 Å². The van der Waals surface area contributed by atoms with Crippen LogP contribution in [0, 0.1) is 0 Å². The van der Waals surface area contributed by atoms with Crippen molar-refractivity contribution in [1.29, 1.82) is 0 Å². The molecule has 0 heterocycles. The Balaban J connectivity index is 1.46. The summed E-state index contributed by atoms with van der Waals surface area (Å²) in [6.45, 7) is 1.21. The van der Waals surface area contributed by atoms with Crippen molar-refractivity contribution in [3.63, 3.8) is 0 Å². The molecule has 0 aliphatic heterocycles. The van der Waals surface area contributed by atoms with E-state index in [4.69, 9.17) is 9.47 Å². The molecule has 4 aromatic carbocycles. The van der Waals surface area contributed by atoms with E-state index in [0.717, 1.165) is 17.7 Å². The lowest BCUT2D eigenvalue weighted by Gasteiger charge is -2.23. The normalized spacial score (nSPS) is 10.5. The van der Waals surface area contributed by atoms with E-state index >= 15 is 0 Å². The van der Waals surface area contributed by atoms with Crippen LogP contribution in [0.1, 0.15) is 21.5 Å². The summed E-state index contributed by atoms with van der Waals surface area (Å²) in [5.41, 5.74) is 2.96. The highest BCUT2D eigenvalue weighted by Crippen LogP contribution is 2.24. The summed E-state index contributed by atoms with van der Waals surface area (Å²) in [6.07, 6.45) is 0.804. The van der Waals surface area contributed by atoms with Gasteiger partial charge in [0.2, 0.25) is 0 Å². The fourth-order valence-corrected chi connectivity index (χ4v) is 3.59. The van der Waals surface area contributed by atoms with Crippen LogP contribution in [0.3, 0.4) is 0 Å². The molecular formula is C29H27NO3. The number of benzene rings is 4. The van der Waals surface area contributed by atoms with Crippen molar-refractivity contribution in [2.24, 2.45) is 0 Å². The molecule has 0 bridgehead atoms. The average Bonchev–Trinajstić information content (AvgIpc) is 2.88. The number of amides is 1. The molecule has 4 heteroatoms.